The Morgan fingerprint density at radius 3 is 2.88 bits per heavy atom. The number of fused-ring (bicyclic) bond motifs is 1. The number of nitrogens with zero attached hydrogens (tertiary/aromatic N) is 3. The molecule has 0 aliphatic carbocycles. The number of nitrogen functional groups attached to an aromatic ring is 1. The van der Waals surface area contributed by atoms with Gasteiger partial charge in [-0.15, -0.1) is 0 Å². The fourth-order valence-electron chi connectivity index (χ4n) is 3.64. The summed E-state index contributed by atoms with van der Waals surface area (Å²) in [6.45, 7) is 5.34. The number of hydrogen-bond acceptors (Lipinski definition) is 6. The van der Waals surface area contributed by atoms with Crippen molar-refractivity contribution >= 4 is 17.5 Å². The van der Waals surface area contributed by atoms with E-state index in [0.29, 0.717) is 24.3 Å². The van der Waals surface area contributed by atoms with Gasteiger partial charge in [0.05, 0.1) is 18.5 Å². The van der Waals surface area contributed by atoms with Gasteiger partial charge in [-0.2, -0.15) is 4.98 Å². The lowest BCUT2D eigenvalue weighted by molar-refractivity contribution is 0.0538. The van der Waals surface area contributed by atoms with Crippen molar-refractivity contribution in [2.75, 3.05) is 23.7 Å². The second kappa shape index (κ2) is 5.19. The number of nitrogens with two attached hydrogens (primary N) is 1. The van der Waals surface area contributed by atoms with Gasteiger partial charge in [0.25, 0.3) is 0 Å². The van der Waals surface area contributed by atoms with Crippen molar-refractivity contribution in [1.29, 1.82) is 0 Å². The van der Waals surface area contributed by atoms with Crippen LogP contribution in [0.1, 0.15) is 34.5 Å². The Balaban J connectivity index is 1.65. The van der Waals surface area contributed by atoms with Crippen molar-refractivity contribution < 1.29 is 9.53 Å². The number of aromatic nitrogens is 2. The summed E-state index contributed by atoms with van der Waals surface area (Å²) in [6.07, 6.45) is 1.19. The van der Waals surface area contributed by atoms with E-state index >= 15 is 0 Å². The molecule has 0 radical (unpaired) electrons. The van der Waals surface area contributed by atoms with Crippen LogP contribution in [0.15, 0.2) is 24.3 Å². The van der Waals surface area contributed by atoms with Crippen LogP contribution in [0, 0.1) is 13.8 Å². The van der Waals surface area contributed by atoms with E-state index in [-0.39, 0.29) is 11.7 Å². The predicted octanol–water partition coefficient (Wildman–Crippen LogP) is 2.29. The highest BCUT2D eigenvalue weighted by Gasteiger charge is 2.46. The Labute approximate surface area is 140 Å². The van der Waals surface area contributed by atoms with Gasteiger partial charge in [-0.25, -0.2) is 4.98 Å². The Kier molecular flexibility index (Phi) is 3.23. The van der Waals surface area contributed by atoms with Crippen molar-refractivity contribution in [2.24, 2.45) is 0 Å². The maximum absolute atomic E-state index is 12.5. The monoisotopic (exact) mass is 324 g/mol. The molecule has 6 nitrogen and oxygen atoms in total. The first-order valence-electron chi connectivity index (χ1n) is 8.14. The number of Topliss-reactive ketones (excluding diaryl/α,β-unsaturated/α-hetero) is 1. The summed E-state index contributed by atoms with van der Waals surface area (Å²) in [7, 11) is 0. The fourth-order valence-corrected chi connectivity index (χ4v) is 3.64. The number of hydrogen-bond donors (Lipinski definition) is 1. The Morgan fingerprint density at radius 2 is 2.04 bits per heavy atom. The summed E-state index contributed by atoms with van der Waals surface area (Å²) in [6, 6.07) is 7.47. The second-order valence-electron chi connectivity index (χ2n) is 6.67. The van der Waals surface area contributed by atoms with Gasteiger partial charge in [0.1, 0.15) is 17.2 Å². The van der Waals surface area contributed by atoms with Crippen LogP contribution in [0.3, 0.4) is 0 Å². The average molecular weight is 324 g/mol. The molecule has 124 valence electrons. The van der Waals surface area contributed by atoms with Crippen LogP contribution in [-0.4, -0.2) is 34.4 Å². The number of carbonyl (C=O) groups excluding carboxylic acids is 1. The molecular formula is C18H20N4O2. The SMILES string of the molecule is Cc1nc(N)nc(N2CCC3(CC(=O)c4ccccc4O3)C2)c1C. The zero-order valence-corrected chi connectivity index (χ0v) is 13.9. The van der Waals surface area contributed by atoms with Gasteiger partial charge in [0.15, 0.2) is 5.78 Å². The molecule has 24 heavy (non-hydrogen) atoms. The number of para-hydroxylation sites is 1. The molecule has 2 N–H and O–H groups in total. The molecule has 1 aromatic heterocycles. The standard InChI is InChI=1S/C18H20N4O2/c1-11-12(2)20-17(19)21-16(11)22-8-7-18(10-22)9-14(23)13-5-3-4-6-15(13)24-18/h3-6H,7-10H2,1-2H3,(H2,19,20,21). The van der Waals surface area contributed by atoms with Crippen molar-refractivity contribution in [3.05, 3.63) is 41.1 Å². The topological polar surface area (TPSA) is 81.3 Å². The Bertz CT molecular complexity index is 836. The largest absolute Gasteiger partial charge is 0.484 e. The van der Waals surface area contributed by atoms with Crippen molar-refractivity contribution in [3.63, 3.8) is 0 Å². The molecule has 6 heteroatoms. The van der Waals surface area contributed by atoms with Crippen LogP contribution in [0.5, 0.6) is 5.75 Å². The molecule has 4 rings (SSSR count). The van der Waals surface area contributed by atoms with Crippen molar-refractivity contribution in [3.8, 4) is 5.75 Å². The minimum absolute atomic E-state index is 0.147. The lowest BCUT2D eigenvalue weighted by atomic mass is 9.89. The average Bonchev–Trinajstić information content (AvgIpc) is 2.94. The second-order valence-corrected chi connectivity index (χ2v) is 6.67. The summed E-state index contributed by atoms with van der Waals surface area (Å²) in [5.41, 5.74) is 7.91. The van der Waals surface area contributed by atoms with Gasteiger partial charge >= 0.3 is 0 Å². The normalized spacial score (nSPS) is 22.6. The van der Waals surface area contributed by atoms with Gasteiger partial charge in [-0.3, -0.25) is 4.79 Å². The first-order chi connectivity index (χ1) is 11.5. The van der Waals surface area contributed by atoms with E-state index in [1.165, 1.54) is 0 Å². The molecule has 0 saturated carbocycles. The first kappa shape index (κ1) is 14.9. The first-order valence-corrected chi connectivity index (χ1v) is 8.14. The van der Waals surface area contributed by atoms with Crippen LogP contribution >= 0.6 is 0 Å². The zero-order chi connectivity index (χ0) is 16.9. The maximum atomic E-state index is 12.5. The number of ether oxygens (including phenoxy) is 1. The third kappa shape index (κ3) is 2.29. The molecule has 2 aliphatic heterocycles. The van der Waals surface area contributed by atoms with Crippen LogP contribution in [-0.2, 0) is 0 Å². The van der Waals surface area contributed by atoms with Crippen LogP contribution in [0.4, 0.5) is 11.8 Å². The van der Waals surface area contributed by atoms with Crippen LogP contribution in [0.25, 0.3) is 0 Å². The molecule has 0 bridgehead atoms. The van der Waals surface area contributed by atoms with Gasteiger partial charge in [-0.05, 0) is 26.0 Å². The molecule has 2 aliphatic rings. The van der Waals surface area contributed by atoms with Crippen molar-refractivity contribution in [1.82, 2.24) is 9.97 Å². The summed E-state index contributed by atoms with van der Waals surface area (Å²) in [4.78, 5) is 23.3. The molecule has 1 atom stereocenters. The summed E-state index contributed by atoms with van der Waals surface area (Å²) < 4.78 is 6.27. The molecule has 1 fully saturated rings. The Morgan fingerprint density at radius 1 is 1.25 bits per heavy atom. The van der Waals surface area contributed by atoms with Crippen LogP contribution in [0.2, 0.25) is 0 Å². The lowest BCUT2D eigenvalue weighted by Crippen LogP contribution is -2.44. The summed E-state index contributed by atoms with van der Waals surface area (Å²) in [5, 5.41) is 0. The summed E-state index contributed by atoms with van der Waals surface area (Å²) >= 11 is 0. The molecule has 1 spiro atoms. The van der Waals surface area contributed by atoms with E-state index in [2.05, 4.69) is 14.9 Å². The highest BCUT2D eigenvalue weighted by Crippen LogP contribution is 2.40. The molecule has 3 heterocycles. The third-order valence-electron chi connectivity index (χ3n) is 4.99. The predicted molar refractivity (Wildman–Crippen MR) is 91.5 cm³/mol. The maximum Gasteiger partial charge on any atom is 0.222 e. The summed E-state index contributed by atoms with van der Waals surface area (Å²) in [5.74, 6) is 1.95. The van der Waals surface area contributed by atoms with Gasteiger partial charge in [0, 0.05) is 24.2 Å². The molecule has 1 saturated heterocycles. The molecule has 2 aromatic rings. The zero-order valence-electron chi connectivity index (χ0n) is 13.9. The smallest absolute Gasteiger partial charge is 0.222 e. The minimum Gasteiger partial charge on any atom is -0.484 e. The number of ketones is 1. The highest BCUT2D eigenvalue weighted by atomic mass is 16.5. The molecular weight excluding hydrogens is 304 g/mol. The van der Waals surface area contributed by atoms with Crippen molar-refractivity contribution in [2.45, 2.75) is 32.3 Å². The van der Waals surface area contributed by atoms with Gasteiger partial charge < -0.3 is 15.4 Å². The minimum atomic E-state index is -0.481. The Hall–Kier alpha value is -2.63. The molecule has 0 amide bonds. The van der Waals surface area contributed by atoms with E-state index in [0.717, 1.165) is 30.0 Å². The number of anilines is 2. The number of benzene rings is 1. The molecule has 1 aromatic carbocycles. The van der Waals surface area contributed by atoms with E-state index in [1.807, 2.05) is 38.1 Å². The number of rotatable bonds is 1. The molecule has 1 unspecified atom stereocenters. The van der Waals surface area contributed by atoms with Gasteiger partial charge in [-0.1, -0.05) is 12.1 Å². The number of carbonyl (C=O) groups is 1. The quantitative estimate of drug-likeness (QED) is 0.867. The van der Waals surface area contributed by atoms with E-state index in [4.69, 9.17) is 10.5 Å². The van der Waals surface area contributed by atoms with E-state index < -0.39 is 5.60 Å². The fraction of sp³-hybridized carbons (Fsp3) is 0.389. The third-order valence-corrected chi connectivity index (χ3v) is 4.99. The van der Waals surface area contributed by atoms with Gasteiger partial charge in [0.2, 0.25) is 5.95 Å². The lowest BCUT2D eigenvalue weighted by Gasteiger charge is -2.34. The van der Waals surface area contributed by atoms with E-state index in [9.17, 15) is 4.79 Å². The van der Waals surface area contributed by atoms with E-state index in [1.54, 1.807) is 0 Å². The van der Waals surface area contributed by atoms with Crippen LogP contribution < -0.4 is 15.4 Å². The number of aryl methyl sites for hydroxylation is 1. The highest BCUT2D eigenvalue weighted by molar-refractivity contribution is 6.00.